The SMILES string of the molecule is CC(C)c1cc(C(C)C)n(C(C)C)c1.CC(C)c1cc(C(C)C)n(C(C)C)c1. The van der Waals surface area contributed by atoms with E-state index >= 15 is 0 Å². The second kappa shape index (κ2) is 10.4. The third kappa shape index (κ3) is 6.29. The summed E-state index contributed by atoms with van der Waals surface area (Å²) in [6, 6.07) is 5.85. The highest BCUT2D eigenvalue weighted by atomic mass is 15.0. The van der Waals surface area contributed by atoms with Gasteiger partial charge in [-0.1, -0.05) is 55.4 Å². The van der Waals surface area contributed by atoms with Gasteiger partial charge in [0.25, 0.3) is 0 Å². The average Bonchev–Trinajstić information content (AvgIpc) is 3.20. The fourth-order valence-electron chi connectivity index (χ4n) is 3.49. The van der Waals surface area contributed by atoms with Crippen LogP contribution < -0.4 is 0 Å². The van der Waals surface area contributed by atoms with Gasteiger partial charge in [0.1, 0.15) is 0 Å². The van der Waals surface area contributed by atoms with Crippen LogP contribution in [0.2, 0.25) is 0 Å². The van der Waals surface area contributed by atoms with Crippen LogP contribution >= 0.6 is 0 Å². The zero-order chi connectivity index (χ0) is 21.8. The van der Waals surface area contributed by atoms with Gasteiger partial charge < -0.3 is 9.13 Å². The molecule has 2 heterocycles. The second-order valence-corrected chi connectivity index (χ2v) is 10.0. The summed E-state index contributed by atoms with van der Waals surface area (Å²) in [5.41, 5.74) is 5.84. The van der Waals surface area contributed by atoms with Gasteiger partial charge in [0.05, 0.1) is 0 Å². The Hall–Kier alpha value is -1.44. The van der Waals surface area contributed by atoms with Crippen molar-refractivity contribution < 1.29 is 0 Å². The quantitative estimate of drug-likeness (QED) is 0.470. The first-order valence-corrected chi connectivity index (χ1v) is 11.3. The number of nitrogens with zero attached hydrogens (tertiary/aromatic N) is 2. The monoisotopic (exact) mass is 386 g/mol. The molecule has 2 nitrogen and oxygen atoms in total. The molecule has 0 aliphatic carbocycles. The lowest BCUT2D eigenvalue weighted by Gasteiger charge is -2.14. The molecule has 0 saturated carbocycles. The molecule has 2 aromatic rings. The van der Waals surface area contributed by atoms with Crippen molar-refractivity contribution in [3.63, 3.8) is 0 Å². The third-order valence-electron chi connectivity index (χ3n) is 5.43. The first-order valence-electron chi connectivity index (χ1n) is 11.3. The summed E-state index contributed by atoms with van der Waals surface area (Å²) in [5.74, 6) is 2.50. The molecule has 2 heteroatoms. The Morgan fingerprint density at radius 3 is 0.893 bits per heavy atom. The van der Waals surface area contributed by atoms with Crippen LogP contribution in [0.4, 0.5) is 0 Å². The molecule has 0 N–H and O–H groups in total. The molecule has 0 spiro atoms. The highest BCUT2D eigenvalue weighted by Gasteiger charge is 2.13. The van der Waals surface area contributed by atoms with Crippen LogP contribution in [0, 0.1) is 0 Å². The Labute approximate surface area is 175 Å². The molecule has 0 bridgehead atoms. The number of hydrogen-bond donors (Lipinski definition) is 0. The Balaban J connectivity index is 0.000000280. The predicted molar refractivity (Wildman–Crippen MR) is 126 cm³/mol. The summed E-state index contributed by atoms with van der Waals surface area (Å²) in [6.45, 7) is 27.0. The maximum Gasteiger partial charge on any atom is 0.0277 e. The van der Waals surface area contributed by atoms with Crippen LogP contribution in [0.3, 0.4) is 0 Å². The molecule has 0 atom stereocenters. The average molecular weight is 387 g/mol. The maximum absolute atomic E-state index is 2.40. The highest BCUT2D eigenvalue weighted by molar-refractivity contribution is 5.25. The first-order chi connectivity index (χ1) is 12.9. The van der Waals surface area contributed by atoms with Crippen LogP contribution in [0.1, 0.15) is 141 Å². The number of aromatic nitrogens is 2. The largest absolute Gasteiger partial charge is 0.348 e. The molecule has 0 radical (unpaired) electrons. The summed E-state index contributed by atoms with van der Waals surface area (Å²) in [7, 11) is 0. The van der Waals surface area contributed by atoms with Gasteiger partial charge in [-0.15, -0.1) is 0 Å². The Bertz CT molecular complexity index is 596. The minimum absolute atomic E-state index is 0.569. The van der Waals surface area contributed by atoms with Gasteiger partial charge in [-0.3, -0.25) is 0 Å². The summed E-state index contributed by atoms with van der Waals surface area (Å²) in [5, 5.41) is 0. The summed E-state index contributed by atoms with van der Waals surface area (Å²) >= 11 is 0. The van der Waals surface area contributed by atoms with Crippen molar-refractivity contribution in [1.82, 2.24) is 9.13 Å². The zero-order valence-electron chi connectivity index (χ0n) is 20.7. The number of hydrogen-bond acceptors (Lipinski definition) is 0. The minimum atomic E-state index is 0.569. The molecule has 160 valence electrons. The van der Waals surface area contributed by atoms with Crippen molar-refractivity contribution in [1.29, 1.82) is 0 Å². The van der Waals surface area contributed by atoms with Crippen molar-refractivity contribution in [3.05, 3.63) is 47.0 Å². The molecule has 0 saturated heterocycles. The Morgan fingerprint density at radius 2 is 0.750 bits per heavy atom. The predicted octanol–water partition coefficient (Wildman–Crippen LogP) is 8.63. The van der Waals surface area contributed by atoms with Crippen molar-refractivity contribution in [2.24, 2.45) is 0 Å². The van der Waals surface area contributed by atoms with Crippen molar-refractivity contribution >= 4 is 0 Å². The minimum Gasteiger partial charge on any atom is -0.348 e. The lowest BCUT2D eigenvalue weighted by molar-refractivity contribution is 0.559. The molecule has 0 fully saturated rings. The van der Waals surface area contributed by atoms with Gasteiger partial charge in [-0.05, 0) is 74.6 Å². The molecule has 0 amide bonds. The summed E-state index contributed by atoms with van der Waals surface area (Å²) in [4.78, 5) is 0. The first kappa shape index (κ1) is 24.6. The molecular formula is C26H46N2. The number of rotatable bonds is 6. The van der Waals surface area contributed by atoms with E-state index in [9.17, 15) is 0 Å². The lowest BCUT2D eigenvalue weighted by atomic mass is 10.0. The van der Waals surface area contributed by atoms with E-state index < -0.39 is 0 Å². The van der Waals surface area contributed by atoms with Gasteiger partial charge >= 0.3 is 0 Å². The fourth-order valence-corrected chi connectivity index (χ4v) is 3.49. The van der Waals surface area contributed by atoms with Gasteiger partial charge in [0.15, 0.2) is 0 Å². The van der Waals surface area contributed by atoms with E-state index in [1.807, 2.05) is 0 Å². The van der Waals surface area contributed by atoms with E-state index in [-0.39, 0.29) is 0 Å². The molecule has 0 unspecified atom stereocenters. The van der Waals surface area contributed by atoms with E-state index in [4.69, 9.17) is 0 Å². The van der Waals surface area contributed by atoms with E-state index in [1.54, 1.807) is 0 Å². The standard InChI is InChI=1S/2C13H23N/c2*1-9(2)12-7-13(10(3)4)14(8-12)11(5)6/h2*7-11H,1-6H3. The Kier molecular flexibility index (Phi) is 9.11. The smallest absolute Gasteiger partial charge is 0.0277 e. The van der Waals surface area contributed by atoms with Crippen LogP contribution in [-0.4, -0.2) is 9.13 Å². The van der Waals surface area contributed by atoms with Gasteiger partial charge in [0, 0.05) is 35.9 Å². The van der Waals surface area contributed by atoms with Gasteiger partial charge in [-0.2, -0.15) is 0 Å². The zero-order valence-corrected chi connectivity index (χ0v) is 20.7. The maximum atomic E-state index is 2.40. The van der Waals surface area contributed by atoms with E-state index in [2.05, 4.69) is 117 Å². The molecule has 2 aromatic heterocycles. The van der Waals surface area contributed by atoms with E-state index in [0.717, 1.165) is 0 Å². The summed E-state index contributed by atoms with van der Waals surface area (Å²) < 4.78 is 4.81. The second-order valence-electron chi connectivity index (χ2n) is 10.0. The molecule has 28 heavy (non-hydrogen) atoms. The van der Waals surface area contributed by atoms with Crippen molar-refractivity contribution in [3.8, 4) is 0 Å². The van der Waals surface area contributed by atoms with E-state index in [1.165, 1.54) is 22.5 Å². The normalized spacial score (nSPS) is 12.1. The molecule has 0 aromatic carbocycles. The topological polar surface area (TPSA) is 9.86 Å². The van der Waals surface area contributed by atoms with Crippen molar-refractivity contribution in [2.45, 2.75) is 119 Å². The van der Waals surface area contributed by atoms with Crippen LogP contribution in [-0.2, 0) is 0 Å². The van der Waals surface area contributed by atoms with Crippen LogP contribution in [0.5, 0.6) is 0 Å². The third-order valence-corrected chi connectivity index (χ3v) is 5.43. The molecule has 0 aliphatic heterocycles. The lowest BCUT2D eigenvalue weighted by Crippen LogP contribution is -2.05. The fraction of sp³-hybridized carbons (Fsp3) is 0.692. The van der Waals surface area contributed by atoms with E-state index in [0.29, 0.717) is 35.8 Å². The van der Waals surface area contributed by atoms with Crippen LogP contribution in [0.25, 0.3) is 0 Å². The van der Waals surface area contributed by atoms with Crippen LogP contribution in [0.15, 0.2) is 24.5 Å². The molecule has 2 rings (SSSR count). The van der Waals surface area contributed by atoms with Gasteiger partial charge in [-0.25, -0.2) is 0 Å². The molecular weight excluding hydrogens is 340 g/mol. The highest BCUT2D eigenvalue weighted by Crippen LogP contribution is 2.27. The van der Waals surface area contributed by atoms with Crippen molar-refractivity contribution in [2.75, 3.05) is 0 Å². The summed E-state index contributed by atoms with van der Waals surface area (Å²) in [6.07, 6.45) is 4.62. The Morgan fingerprint density at radius 1 is 0.464 bits per heavy atom. The molecule has 0 aliphatic rings. The van der Waals surface area contributed by atoms with Gasteiger partial charge in [0.2, 0.25) is 0 Å².